The fraction of sp³-hybridized carbons (Fsp3) is 0.538. The summed E-state index contributed by atoms with van der Waals surface area (Å²) in [5.41, 5.74) is 0.759. The molecule has 3 N–H and O–H groups in total. The third-order valence-corrected chi connectivity index (χ3v) is 7.30. The summed E-state index contributed by atoms with van der Waals surface area (Å²) >= 11 is 0. The summed E-state index contributed by atoms with van der Waals surface area (Å²) in [5.74, 6) is -3.01. The van der Waals surface area contributed by atoms with Crippen LogP contribution in [0.1, 0.15) is 68.1 Å². The van der Waals surface area contributed by atoms with Crippen LogP contribution in [0.5, 0.6) is 5.75 Å². The number of benzene rings is 1. The zero-order valence-electron chi connectivity index (χ0n) is 20.0. The highest BCUT2D eigenvalue weighted by Gasteiger charge is 2.41. The lowest BCUT2D eigenvalue weighted by Crippen LogP contribution is -2.57. The number of Topliss-reactive ketones (excluding diaryl/α,β-unsaturated/α-hetero) is 1. The average Bonchev–Trinajstić information content (AvgIpc) is 3.52. The third-order valence-electron chi connectivity index (χ3n) is 7.30. The van der Waals surface area contributed by atoms with Crippen molar-refractivity contribution < 1.29 is 29.0 Å². The number of fused-ring (bicyclic) bond motifs is 1. The van der Waals surface area contributed by atoms with Crippen molar-refractivity contribution >= 4 is 34.5 Å². The first-order chi connectivity index (χ1) is 16.9. The van der Waals surface area contributed by atoms with Crippen molar-refractivity contribution in [1.29, 1.82) is 0 Å². The summed E-state index contributed by atoms with van der Waals surface area (Å²) in [6.45, 7) is -0.708. The predicted octanol–water partition coefficient (Wildman–Crippen LogP) is 3.28. The Kier molecular flexibility index (Phi) is 7.73. The van der Waals surface area contributed by atoms with Gasteiger partial charge >= 0.3 is 5.97 Å². The summed E-state index contributed by atoms with van der Waals surface area (Å²) < 4.78 is 5.21. The molecule has 188 valence electrons. The van der Waals surface area contributed by atoms with Gasteiger partial charge in [0.1, 0.15) is 18.3 Å². The van der Waals surface area contributed by atoms with Gasteiger partial charge in [0.2, 0.25) is 5.91 Å². The molecule has 35 heavy (non-hydrogen) atoms. The van der Waals surface area contributed by atoms with Gasteiger partial charge in [-0.25, -0.2) is 0 Å². The Morgan fingerprint density at radius 2 is 1.77 bits per heavy atom. The number of ketones is 1. The van der Waals surface area contributed by atoms with E-state index in [0.717, 1.165) is 49.8 Å². The number of carbonyl (C=O) groups excluding carboxylic acids is 3. The quantitative estimate of drug-likeness (QED) is 0.371. The molecule has 2 aromatic rings. The summed E-state index contributed by atoms with van der Waals surface area (Å²) in [6, 6.07) is 4.11. The van der Waals surface area contributed by atoms with E-state index in [-0.39, 0.29) is 23.4 Å². The maximum absolute atomic E-state index is 13.6. The van der Waals surface area contributed by atoms with E-state index in [1.54, 1.807) is 18.2 Å². The minimum atomic E-state index is -1.26. The van der Waals surface area contributed by atoms with Crippen molar-refractivity contribution in [3.05, 3.63) is 30.0 Å². The molecule has 9 nitrogen and oxygen atoms in total. The SMILES string of the molecule is COc1ccc2c(C(=O)C(=O)N(CC(=O)O)C(C(=O)NC3CCCC3)C3CCCCC3)c[nH]c2c1. The molecule has 1 heterocycles. The second kappa shape index (κ2) is 10.9. The van der Waals surface area contributed by atoms with Crippen LogP contribution < -0.4 is 10.1 Å². The number of rotatable bonds is 9. The van der Waals surface area contributed by atoms with Gasteiger partial charge in [-0.1, -0.05) is 32.1 Å². The number of carboxylic acid groups (broad SMARTS) is 1. The van der Waals surface area contributed by atoms with Crippen LogP contribution in [0.25, 0.3) is 10.9 Å². The Morgan fingerprint density at radius 3 is 2.43 bits per heavy atom. The largest absolute Gasteiger partial charge is 0.497 e. The molecular formula is C26H33N3O6. The number of H-pyrrole nitrogens is 1. The summed E-state index contributed by atoms with van der Waals surface area (Å²) in [5, 5.41) is 13.2. The summed E-state index contributed by atoms with van der Waals surface area (Å²) in [4.78, 5) is 56.2. The number of methoxy groups -OCH3 is 1. The lowest BCUT2D eigenvalue weighted by Gasteiger charge is -2.37. The van der Waals surface area contributed by atoms with E-state index in [1.807, 2.05) is 0 Å². The van der Waals surface area contributed by atoms with Crippen LogP contribution in [0.4, 0.5) is 0 Å². The molecular weight excluding hydrogens is 450 g/mol. The molecule has 9 heteroatoms. The smallest absolute Gasteiger partial charge is 0.323 e. The van der Waals surface area contributed by atoms with Gasteiger partial charge in [0.25, 0.3) is 11.7 Å². The number of hydrogen-bond acceptors (Lipinski definition) is 5. The number of nitrogens with zero attached hydrogens (tertiary/aromatic N) is 1. The molecule has 0 aliphatic heterocycles. The zero-order chi connectivity index (χ0) is 24.9. The lowest BCUT2D eigenvalue weighted by molar-refractivity contribution is -0.148. The lowest BCUT2D eigenvalue weighted by atomic mass is 9.82. The van der Waals surface area contributed by atoms with E-state index >= 15 is 0 Å². The fourth-order valence-corrected chi connectivity index (χ4v) is 5.52. The first-order valence-corrected chi connectivity index (χ1v) is 12.4. The van der Waals surface area contributed by atoms with Crippen LogP contribution >= 0.6 is 0 Å². The number of hydrogen-bond donors (Lipinski definition) is 3. The molecule has 0 saturated heterocycles. The number of aromatic amines is 1. The number of aromatic nitrogens is 1. The topological polar surface area (TPSA) is 129 Å². The Bertz CT molecular complexity index is 1100. The molecule has 1 aromatic heterocycles. The zero-order valence-corrected chi connectivity index (χ0v) is 20.0. The molecule has 0 spiro atoms. The van der Waals surface area contributed by atoms with Gasteiger partial charge in [-0.05, 0) is 43.7 Å². The number of carboxylic acids is 1. The van der Waals surface area contributed by atoms with Crippen LogP contribution in [0, 0.1) is 5.92 Å². The molecule has 2 amide bonds. The van der Waals surface area contributed by atoms with Gasteiger partial charge in [0.05, 0.1) is 12.7 Å². The van der Waals surface area contributed by atoms with E-state index < -0.39 is 30.2 Å². The highest BCUT2D eigenvalue weighted by Crippen LogP contribution is 2.31. The van der Waals surface area contributed by atoms with Crippen LogP contribution in [0.15, 0.2) is 24.4 Å². The first kappa shape index (κ1) is 24.8. The molecule has 0 radical (unpaired) electrons. The van der Waals surface area contributed by atoms with E-state index in [9.17, 15) is 24.3 Å². The van der Waals surface area contributed by atoms with Gasteiger partial charge in [0.15, 0.2) is 0 Å². The third kappa shape index (κ3) is 5.49. The molecule has 4 rings (SSSR count). The molecule has 2 fully saturated rings. The van der Waals surface area contributed by atoms with Crippen molar-refractivity contribution in [2.75, 3.05) is 13.7 Å². The minimum Gasteiger partial charge on any atom is -0.497 e. The molecule has 2 aliphatic rings. The van der Waals surface area contributed by atoms with E-state index in [1.165, 1.54) is 13.3 Å². The van der Waals surface area contributed by atoms with Crippen molar-refractivity contribution in [2.24, 2.45) is 5.92 Å². The van der Waals surface area contributed by atoms with Crippen LogP contribution in [-0.4, -0.2) is 64.3 Å². The van der Waals surface area contributed by atoms with Crippen molar-refractivity contribution in [1.82, 2.24) is 15.2 Å². The van der Waals surface area contributed by atoms with E-state index in [4.69, 9.17) is 4.74 Å². The van der Waals surface area contributed by atoms with Crippen LogP contribution in [0.2, 0.25) is 0 Å². The summed E-state index contributed by atoms with van der Waals surface area (Å²) in [6.07, 6.45) is 9.52. The maximum atomic E-state index is 13.6. The highest BCUT2D eigenvalue weighted by atomic mass is 16.5. The second-order valence-corrected chi connectivity index (χ2v) is 9.60. The molecule has 2 saturated carbocycles. The number of carbonyl (C=O) groups is 4. The average molecular weight is 484 g/mol. The predicted molar refractivity (Wildman–Crippen MR) is 129 cm³/mol. The monoisotopic (exact) mass is 483 g/mol. The molecule has 1 aromatic carbocycles. The van der Waals surface area contributed by atoms with Gasteiger partial charge in [0, 0.05) is 29.2 Å². The number of ether oxygens (including phenoxy) is 1. The maximum Gasteiger partial charge on any atom is 0.323 e. The van der Waals surface area contributed by atoms with E-state index in [2.05, 4.69) is 10.3 Å². The molecule has 2 aliphatic carbocycles. The van der Waals surface area contributed by atoms with Crippen LogP contribution in [0.3, 0.4) is 0 Å². The number of amides is 2. The fourth-order valence-electron chi connectivity index (χ4n) is 5.52. The minimum absolute atomic E-state index is 0.0228. The summed E-state index contributed by atoms with van der Waals surface area (Å²) in [7, 11) is 1.53. The highest BCUT2D eigenvalue weighted by molar-refractivity contribution is 6.45. The Labute approximate surface area is 204 Å². The van der Waals surface area contributed by atoms with Gasteiger partial charge < -0.3 is 25.0 Å². The van der Waals surface area contributed by atoms with Crippen molar-refractivity contribution in [2.45, 2.75) is 69.9 Å². The number of nitrogens with one attached hydrogen (secondary N) is 2. The van der Waals surface area contributed by atoms with Gasteiger partial charge in [-0.3, -0.25) is 19.2 Å². The molecule has 0 bridgehead atoms. The van der Waals surface area contributed by atoms with Gasteiger partial charge in [-0.15, -0.1) is 0 Å². The number of aliphatic carboxylic acids is 1. The molecule has 1 unspecified atom stereocenters. The Balaban J connectivity index is 1.65. The van der Waals surface area contributed by atoms with Crippen molar-refractivity contribution in [3.63, 3.8) is 0 Å². The van der Waals surface area contributed by atoms with Crippen molar-refractivity contribution in [3.8, 4) is 5.75 Å². The molecule has 1 atom stereocenters. The van der Waals surface area contributed by atoms with E-state index in [0.29, 0.717) is 29.5 Å². The normalized spacial score (nSPS) is 17.7. The first-order valence-electron chi connectivity index (χ1n) is 12.4. The second-order valence-electron chi connectivity index (χ2n) is 9.60. The van der Waals surface area contributed by atoms with Crippen LogP contribution in [-0.2, 0) is 14.4 Å². The standard InChI is InChI=1S/C26H33N3O6/c1-35-18-11-12-19-20(14-27-21(19)13-18)24(32)26(34)29(15-22(30)31)23(16-7-3-2-4-8-16)25(33)28-17-9-5-6-10-17/h11-14,16-17,23,27H,2-10,15H2,1H3,(H,28,33)(H,30,31). The Hall–Kier alpha value is -3.36. The van der Waals surface area contributed by atoms with Gasteiger partial charge in [-0.2, -0.15) is 0 Å². The Morgan fingerprint density at radius 1 is 1.09 bits per heavy atom.